The van der Waals surface area contributed by atoms with Crippen LogP contribution in [-0.4, -0.2) is 6.54 Å². The lowest BCUT2D eigenvalue weighted by Gasteiger charge is -2.17. The molecule has 0 bridgehead atoms. The highest BCUT2D eigenvalue weighted by molar-refractivity contribution is 6.30. The zero-order chi connectivity index (χ0) is 15.3. The van der Waals surface area contributed by atoms with Gasteiger partial charge in [-0.05, 0) is 37.1 Å². The number of halogens is 1. The van der Waals surface area contributed by atoms with Gasteiger partial charge < -0.3 is 5.32 Å². The molecule has 0 amide bonds. The molecule has 2 heteroatoms. The second-order valence-electron chi connectivity index (χ2n) is 5.94. The number of rotatable bonds is 12. The molecule has 120 valence electrons. The number of nitrogens with one attached hydrogen (secondary N) is 1. The lowest BCUT2D eigenvalue weighted by atomic mass is 10.0. The SMILES string of the molecule is CCCCCCCCCCNC(CC)c1ccc(Cl)cc1. The van der Waals surface area contributed by atoms with Gasteiger partial charge in [0.15, 0.2) is 0 Å². The van der Waals surface area contributed by atoms with E-state index < -0.39 is 0 Å². The van der Waals surface area contributed by atoms with Gasteiger partial charge in [-0.25, -0.2) is 0 Å². The fourth-order valence-electron chi connectivity index (χ4n) is 2.73. The molecular formula is C19H32ClN. The highest BCUT2D eigenvalue weighted by Gasteiger charge is 2.07. The van der Waals surface area contributed by atoms with Gasteiger partial charge in [0.05, 0.1) is 0 Å². The number of hydrogen-bond donors (Lipinski definition) is 1. The minimum atomic E-state index is 0.465. The van der Waals surface area contributed by atoms with Crippen molar-refractivity contribution in [2.45, 2.75) is 77.7 Å². The molecule has 0 fully saturated rings. The molecule has 0 aliphatic heterocycles. The summed E-state index contributed by atoms with van der Waals surface area (Å²) in [5.74, 6) is 0. The summed E-state index contributed by atoms with van der Waals surface area (Å²) in [6.07, 6.45) is 12.2. The summed E-state index contributed by atoms with van der Waals surface area (Å²) >= 11 is 5.95. The van der Waals surface area contributed by atoms with E-state index in [1.165, 1.54) is 56.9 Å². The Labute approximate surface area is 136 Å². The molecule has 0 aliphatic rings. The second kappa shape index (κ2) is 12.1. The topological polar surface area (TPSA) is 12.0 Å². The van der Waals surface area contributed by atoms with Crippen molar-refractivity contribution in [3.63, 3.8) is 0 Å². The monoisotopic (exact) mass is 309 g/mol. The van der Waals surface area contributed by atoms with Crippen molar-refractivity contribution >= 4 is 11.6 Å². The molecule has 0 aromatic heterocycles. The zero-order valence-corrected chi connectivity index (χ0v) is 14.6. The van der Waals surface area contributed by atoms with E-state index in [0.29, 0.717) is 6.04 Å². The third-order valence-electron chi connectivity index (χ3n) is 4.10. The van der Waals surface area contributed by atoms with Crippen molar-refractivity contribution in [2.24, 2.45) is 0 Å². The molecule has 1 unspecified atom stereocenters. The molecule has 1 aromatic rings. The summed E-state index contributed by atoms with van der Waals surface area (Å²) < 4.78 is 0. The van der Waals surface area contributed by atoms with Crippen LogP contribution in [0.3, 0.4) is 0 Å². The van der Waals surface area contributed by atoms with E-state index in [9.17, 15) is 0 Å². The van der Waals surface area contributed by atoms with Crippen LogP contribution in [0.1, 0.15) is 83.2 Å². The molecule has 21 heavy (non-hydrogen) atoms. The Morgan fingerprint density at radius 1 is 0.857 bits per heavy atom. The molecule has 1 N–H and O–H groups in total. The second-order valence-corrected chi connectivity index (χ2v) is 6.38. The largest absolute Gasteiger partial charge is 0.310 e. The van der Waals surface area contributed by atoms with Crippen LogP contribution in [0, 0.1) is 0 Å². The quantitative estimate of drug-likeness (QED) is 0.433. The van der Waals surface area contributed by atoms with Crippen molar-refractivity contribution in [2.75, 3.05) is 6.54 Å². The van der Waals surface area contributed by atoms with E-state index in [1.807, 2.05) is 12.1 Å². The maximum absolute atomic E-state index is 5.95. The Balaban J connectivity index is 2.08. The van der Waals surface area contributed by atoms with Gasteiger partial charge in [0.2, 0.25) is 0 Å². The van der Waals surface area contributed by atoms with Gasteiger partial charge in [-0.1, -0.05) is 82.5 Å². The predicted molar refractivity (Wildman–Crippen MR) is 95.1 cm³/mol. The van der Waals surface area contributed by atoms with Gasteiger partial charge in [-0.2, -0.15) is 0 Å². The molecule has 0 spiro atoms. The van der Waals surface area contributed by atoms with Crippen molar-refractivity contribution < 1.29 is 0 Å². The van der Waals surface area contributed by atoms with Gasteiger partial charge in [-0.3, -0.25) is 0 Å². The van der Waals surface area contributed by atoms with Crippen LogP contribution in [0.5, 0.6) is 0 Å². The first-order chi connectivity index (χ1) is 10.3. The third-order valence-corrected chi connectivity index (χ3v) is 4.35. The van der Waals surface area contributed by atoms with Gasteiger partial charge in [0, 0.05) is 11.1 Å². The minimum Gasteiger partial charge on any atom is -0.310 e. The molecule has 1 atom stereocenters. The van der Waals surface area contributed by atoms with Crippen LogP contribution in [0.4, 0.5) is 0 Å². The normalized spacial score (nSPS) is 12.5. The van der Waals surface area contributed by atoms with Gasteiger partial charge in [0.1, 0.15) is 0 Å². The molecule has 0 heterocycles. The van der Waals surface area contributed by atoms with Crippen LogP contribution in [0.15, 0.2) is 24.3 Å². The maximum Gasteiger partial charge on any atom is 0.0406 e. The predicted octanol–water partition coefficient (Wildman–Crippen LogP) is 6.52. The first kappa shape index (κ1) is 18.5. The highest BCUT2D eigenvalue weighted by atomic mass is 35.5. The molecule has 0 aliphatic carbocycles. The van der Waals surface area contributed by atoms with Crippen molar-refractivity contribution in [1.82, 2.24) is 5.32 Å². The fraction of sp³-hybridized carbons (Fsp3) is 0.684. The minimum absolute atomic E-state index is 0.465. The summed E-state index contributed by atoms with van der Waals surface area (Å²) in [6, 6.07) is 8.70. The van der Waals surface area contributed by atoms with E-state index in [-0.39, 0.29) is 0 Å². The van der Waals surface area contributed by atoms with Gasteiger partial charge in [-0.15, -0.1) is 0 Å². The molecule has 0 radical (unpaired) electrons. The zero-order valence-electron chi connectivity index (χ0n) is 13.8. The van der Waals surface area contributed by atoms with Crippen LogP contribution < -0.4 is 5.32 Å². The highest BCUT2D eigenvalue weighted by Crippen LogP contribution is 2.19. The smallest absolute Gasteiger partial charge is 0.0406 e. The Morgan fingerprint density at radius 2 is 1.43 bits per heavy atom. The summed E-state index contributed by atoms with van der Waals surface area (Å²) in [5, 5.41) is 4.49. The summed E-state index contributed by atoms with van der Waals surface area (Å²) in [6.45, 7) is 5.63. The molecule has 1 aromatic carbocycles. The average molecular weight is 310 g/mol. The van der Waals surface area contributed by atoms with Crippen LogP contribution >= 0.6 is 11.6 Å². The van der Waals surface area contributed by atoms with Crippen LogP contribution in [-0.2, 0) is 0 Å². The first-order valence-corrected chi connectivity index (χ1v) is 9.14. The number of unbranched alkanes of at least 4 members (excludes halogenated alkanes) is 7. The van der Waals surface area contributed by atoms with Crippen molar-refractivity contribution in [1.29, 1.82) is 0 Å². The molecule has 0 saturated carbocycles. The van der Waals surface area contributed by atoms with Crippen LogP contribution in [0.25, 0.3) is 0 Å². The lowest BCUT2D eigenvalue weighted by molar-refractivity contribution is 0.491. The number of hydrogen-bond acceptors (Lipinski definition) is 1. The number of benzene rings is 1. The van der Waals surface area contributed by atoms with E-state index in [4.69, 9.17) is 11.6 Å². The standard InChI is InChI=1S/C19H32ClN/c1-3-5-6-7-8-9-10-11-16-21-19(4-2)17-12-14-18(20)15-13-17/h12-15,19,21H,3-11,16H2,1-2H3. The summed E-state index contributed by atoms with van der Waals surface area (Å²) in [5.41, 5.74) is 1.35. The van der Waals surface area contributed by atoms with E-state index in [2.05, 4.69) is 31.3 Å². The summed E-state index contributed by atoms with van der Waals surface area (Å²) in [7, 11) is 0. The Bertz CT molecular complexity index is 347. The first-order valence-electron chi connectivity index (χ1n) is 8.76. The molecule has 1 nitrogen and oxygen atoms in total. The third kappa shape index (κ3) is 8.48. The molecule has 1 rings (SSSR count). The maximum atomic E-state index is 5.95. The van der Waals surface area contributed by atoms with Crippen molar-refractivity contribution in [3.8, 4) is 0 Å². The Morgan fingerprint density at radius 3 is 2.00 bits per heavy atom. The Kier molecular flexibility index (Phi) is 10.6. The van der Waals surface area contributed by atoms with E-state index in [0.717, 1.165) is 18.0 Å². The molecule has 0 saturated heterocycles. The van der Waals surface area contributed by atoms with Gasteiger partial charge in [0.25, 0.3) is 0 Å². The lowest BCUT2D eigenvalue weighted by Crippen LogP contribution is -2.21. The fourth-order valence-corrected chi connectivity index (χ4v) is 2.85. The average Bonchev–Trinajstić information content (AvgIpc) is 2.51. The summed E-state index contributed by atoms with van der Waals surface area (Å²) in [4.78, 5) is 0. The van der Waals surface area contributed by atoms with E-state index >= 15 is 0 Å². The van der Waals surface area contributed by atoms with Crippen molar-refractivity contribution in [3.05, 3.63) is 34.9 Å². The molecular weight excluding hydrogens is 278 g/mol. The van der Waals surface area contributed by atoms with E-state index in [1.54, 1.807) is 0 Å². The van der Waals surface area contributed by atoms with Gasteiger partial charge >= 0.3 is 0 Å². The Hall–Kier alpha value is -0.530. The van der Waals surface area contributed by atoms with Crippen LogP contribution in [0.2, 0.25) is 5.02 Å².